The first kappa shape index (κ1) is 15.0. The fourth-order valence-electron chi connectivity index (χ4n) is 1.92. The summed E-state index contributed by atoms with van der Waals surface area (Å²) in [6.07, 6.45) is 0.480. The molecule has 5 heteroatoms. The van der Waals surface area contributed by atoms with E-state index in [0.717, 1.165) is 11.5 Å². The Labute approximate surface area is 125 Å². The first-order valence-electron chi connectivity index (χ1n) is 6.98. The minimum absolute atomic E-state index is 0.0385. The monoisotopic (exact) mass is 284 g/mol. The van der Waals surface area contributed by atoms with Crippen molar-refractivity contribution in [2.24, 2.45) is 5.92 Å². The van der Waals surface area contributed by atoms with Crippen LogP contribution in [0.25, 0.3) is 0 Å². The highest BCUT2D eigenvalue weighted by Gasteiger charge is 2.08. The number of nitrogens with zero attached hydrogens (tertiary/aromatic N) is 3. The highest BCUT2D eigenvalue weighted by Crippen LogP contribution is 2.20. The van der Waals surface area contributed by atoms with Crippen molar-refractivity contribution in [2.75, 3.05) is 17.3 Å². The van der Waals surface area contributed by atoms with Crippen molar-refractivity contribution in [3.05, 3.63) is 42.5 Å². The predicted octanol–water partition coefficient (Wildman–Crippen LogP) is 3.23. The molecule has 0 aliphatic rings. The number of anilines is 3. The molecule has 1 amide bonds. The van der Waals surface area contributed by atoms with E-state index < -0.39 is 0 Å². The van der Waals surface area contributed by atoms with Gasteiger partial charge in [-0.15, -0.1) is 10.2 Å². The summed E-state index contributed by atoms with van der Waals surface area (Å²) >= 11 is 0. The van der Waals surface area contributed by atoms with E-state index in [2.05, 4.69) is 15.5 Å². The molecule has 0 aliphatic carbocycles. The zero-order chi connectivity index (χ0) is 15.2. The van der Waals surface area contributed by atoms with Gasteiger partial charge in [-0.2, -0.15) is 0 Å². The number of nitrogens with one attached hydrogen (secondary N) is 1. The molecule has 1 N–H and O–H groups in total. The van der Waals surface area contributed by atoms with Crippen molar-refractivity contribution in [1.29, 1.82) is 0 Å². The number of carbonyl (C=O) groups excluding carboxylic acids is 1. The van der Waals surface area contributed by atoms with Crippen LogP contribution in [0.15, 0.2) is 42.5 Å². The number of hydrogen-bond donors (Lipinski definition) is 1. The van der Waals surface area contributed by atoms with Gasteiger partial charge in [-0.25, -0.2) is 0 Å². The van der Waals surface area contributed by atoms with Crippen LogP contribution in [-0.2, 0) is 4.79 Å². The predicted molar refractivity (Wildman–Crippen MR) is 84.6 cm³/mol. The first-order chi connectivity index (χ1) is 10.1. The van der Waals surface area contributed by atoms with Gasteiger partial charge in [0.2, 0.25) is 5.91 Å². The lowest BCUT2D eigenvalue weighted by Gasteiger charge is -2.17. The largest absolute Gasteiger partial charge is 0.328 e. The van der Waals surface area contributed by atoms with E-state index in [1.807, 2.05) is 62.2 Å². The molecule has 1 aromatic heterocycles. The maximum absolute atomic E-state index is 11.7. The van der Waals surface area contributed by atoms with Gasteiger partial charge in [0.1, 0.15) is 0 Å². The average molecular weight is 284 g/mol. The standard InChI is InChI=1S/C16H20N4O/c1-12(2)11-16(21)17-14-9-10-15(19-18-14)20(3)13-7-5-4-6-8-13/h4-10,12H,11H2,1-3H3,(H,17,18,21). The normalized spacial score (nSPS) is 10.5. The Kier molecular flexibility index (Phi) is 4.87. The summed E-state index contributed by atoms with van der Waals surface area (Å²) in [6.45, 7) is 4.01. The minimum atomic E-state index is -0.0385. The number of rotatable bonds is 5. The Bertz CT molecular complexity index is 581. The molecule has 2 rings (SSSR count). The Morgan fingerprint density at radius 1 is 1.14 bits per heavy atom. The van der Waals surface area contributed by atoms with Crippen LogP contribution in [0.2, 0.25) is 0 Å². The summed E-state index contributed by atoms with van der Waals surface area (Å²) in [5, 5.41) is 10.9. The van der Waals surface area contributed by atoms with Crippen LogP contribution in [0.5, 0.6) is 0 Å². The molecule has 5 nitrogen and oxygen atoms in total. The quantitative estimate of drug-likeness (QED) is 0.915. The first-order valence-corrected chi connectivity index (χ1v) is 6.98. The molecule has 0 bridgehead atoms. The van der Waals surface area contributed by atoms with Gasteiger partial charge in [-0.1, -0.05) is 32.0 Å². The van der Waals surface area contributed by atoms with Crippen LogP contribution < -0.4 is 10.2 Å². The number of hydrogen-bond acceptors (Lipinski definition) is 4. The Hall–Kier alpha value is -2.43. The molecule has 0 radical (unpaired) electrons. The maximum Gasteiger partial charge on any atom is 0.225 e. The fourth-order valence-corrected chi connectivity index (χ4v) is 1.92. The van der Waals surface area contributed by atoms with Crippen LogP contribution in [0, 0.1) is 5.92 Å². The third-order valence-electron chi connectivity index (χ3n) is 3.00. The Morgan fingerprint density at radius 3 is 2.43 bits per heavy atom. The van der Waals surface area contributed by atoms with Crippen LogP contribution in [0.3, 0.4) is 0 Å². The van der Waals surface area contributed by atoms with Crippen LogP contribution in [0.4, 0.5) is 17.3 Å². The highest BCUT2D eigenvalue weighted by atomic mass is 16.1. The summed E-state index contributed by atoms with van der Waals surface area (Å²) in [5.41, 5.74) is 1.03. The third kappa shape index (κ3) is 4.27. The molecular formula is C16H20N4O. The molecule has 110 valence electrons. The second-order valence-electron chi connectivity index (χ2n) is 5.32. The second kappa shape index (κ2) is 6.83. The minimum Gasteiger partial charge on any atom is -0.328 e. The van der Waals surface area contributed by atoms with E-state index >= 15 is 0 Å². The van der Waals surface area contributed by atoms with Gasteiger partial charge >= 0.3 is 0 Å². The summed E-state index contributed by atoms with van der Waals surface area (Å²) in [5.74, 6) is 1.49. The van der Waals surface area contributed by atoms with Gasteiger partial charge < -0.3 is 10.2 Å². The van der Waals surface area contributed by atoms with E-state index in [-0.39, 0.29) is 5.91 Å². The van der Waals surface area contributed by atoms with Crippen molar-refractivity contribution >= 4 is 23.2 Å². The molecule has 1 heterocycles. The zero-order valence-electron chi connectivity index (χ0n) is 12.6. The number of para-hydroxylation sites is 1. The third-order valence-corrected chi connectivity index (χ3v) is 3.00. The molecular weight excluding hydrogens is 264 g/mol. The molecule has 0 saturated heterocycles. The van der Waals surface area contributed by atoms with Gasteiger partial charge in [0.25, 0.3) is 0 Å². The summed E-state index contributed by atoms with van der Waals surface area (Å²) in [6, 6.07) is 13.5. The van der Waals surface area contributed by atoms with Crippen molar-refractivity contribution < 1.29 is 4.79 Å². The average Bonchev–Trinajstić information content (AvgIpc) is 2.47. The molecule has 21 heavy (non-hydrogen) atoms. The van der Waals surface area contributed by atoms with E-state index in [4.69, 9.17) is 0 Å². The van der Waals surface area contributed by atoms with Gasteiger partial charge in [0.15, 0.2) is 11.6 Å². The van der Waals surface area contributed by atoms with Crippen molar-refractivity contribution in [1.82, 2.24) is 10.2 Å². The van der Waals surface area contributed by atoms with Gasteiger partial charge in [0, 0.05) is 19.2 Å². The van der Waals surface area contributed by atoms with Gasteiger partial charge in [-0.3, -0.25) is 4.79 Å². The summed E-state index contributed by atoms with van der Waals surface area (Å²) < 4.78 is 0. The van der Waals surface area contributed by atoms with Crippen molar-refractivity contribution in [3.63, 3.8) is 0 Å². The second-order valence-corrected chi connectivity index (χ2v) is 5.32. The molecule has 2 aromatic rings. The number of amides is 1. The van der Waals surface area contributed by atoms with Crippen LogP contribution in [-0.4, -0.2) is 23.2 Å². The lowest BCUT2D eigenvalue weighted by Crippen LogP contribution is -2.16. The van der Waals surface area contributed by atoms with Gasteiger partial charge in [-0.05, 0) is 30.2 Å². The Morgan fingerprint density at radius 2 is 1.86 bits per heavy atom. The molecule has 0 fully saturated rings. The van der Waals surface area contributed by atoms with Crippen molar-refractivity contribution in [3.8, 4) is 0 Å². The number of aromatic nitrogens is 2. The molecule has 0 unspecified atom stereocenters. The topological polar surface area (TPSA) is 58.1 Å². The summed E-state index contributed by atoms with van der Waals surface area (Å²) in [4.78, 5) is 13.6. The van der Waals surface area contributed by atoms with Crippen LogP contribution >= 0.6 is 0 Å². The van der Waals surface area contributed by atoms with E-state index in [0.29, 0.717) is 18.2 Å². The van der Waals surface area contributed by atoms with E-state index in [1.54, 1.807) is 6.07 Å². The molecule has 0 saturated carbocycles. The van der Waals surface area contributed by atoms with Crippen LogP contribution in [0.1, 0.15) is 20.3 Å². The molecule has 0 spiro atoms. The lowest BCUT2D eigenvalue weighted by atomic mass is 10.1. The van der Waals surface area contributed by atoms with E-state index in [9.17, 15) is 4.79 Å². The number of carbonyl (C=O) groups is 1. The summed E-state index contributed by atoms with van der Waals surface area (Å²) in [7, 11) is 1.93. The molecule has 0 aliphatic heterocycles. The zero-order valence-corrected chi connectivity index (χ0v) is 12.6. The SMILES string of the molecule is CC(C)CC(=O)Nc1ccc(N(C)c2ccccc2)nn1. The smallest absolute Gasteiger partial charge is 0.225 e. The molecule has 0 atom stereocenters. The maximum atomic E-state index is 11.7. The highest BCUT2D eigenvalue weighted by molar-refractivity contribution is 5.89. The lowest BCUT2D eigenvalue weighted by molar-refractivity contribution is -0.116. The fraction of sp³-hybridized carbons (Fsp3) is 0.312. The molecule has 1 aromatic carbocycles. The Balaban J connectivity index is 2.04. The van der Waals surface area contributed by atoms with Crippen molar-refractivity contribution in [2.45, 2.75) is 20.3 Å². The number of benzene rings is 1. The van der Waals surface area contributed by atoms with Gasteiger partial charge in [0.05, 0.1) is 0 Å². The van der Waals surface area contributed by atoms with E-state index in [1.165, 1.54) is 0 Å².